The van der Waals surface area contributed by atoms with E-state index in [9.17, 15) is 9.13 Å². The molecular formula is C13H20Br2O5P2. The maximum atomic E-state index is 13.6. The molecule has 1 rings (SSSR count). The van der Waals surface area contributed by atoms with Gasteiger partial charge in [-0.3, -0.25) is 9.13 Å². The lowest BCUT2D eigenvalue weighted by atomic mass is 10.4. The third-order valence-corrected chi connectivity index (χ3v) is 13.8. The Bertz CT molecular complexity index is 555. The van der Waals surface area contributed by atoms with Gasteiger partial charge in [0.05, 0.1) is 19.8 Å². The topological polar surface area (TPSA) is 61.8 Å². The van der Waals surface area contributed by atoms with Crippen LogP contribution in [0.25, 0.3) is 0 Å². The highest BCUT2D eigenvalue weighted by molar-refractivity contribution is 9.29. The van der Waals surface area contributed by atoms with Crippen LogP contribution in [0.2, 0.25) is 0 Å². The number of hydrogen-bond acceptors (Lipinski definition) is 5. The first kappa shape index (κ1) is 20.6. The van der Waals surface area contributed by atoms with Crippen LogP contribution in [-0.2, 0) is 22.7 Å². The maximum Gasteiger partial charge on any atom is 0.368 e. The molecule has 22 heavy (non-hydrogen) atoms. The summed E-state index contributed by atoms with van der Waals surface area (Å²) in [5.74, 6) is 0. The third-order valence-electron chi connectivity index (χ3n) is 2.69. The van der Waals surface area contributed by atoms with Gasteiger partial charge in [-0.2, -0.15) is 0 Å². The Kier molecular flexibility index (Phi) is 8.01. The van der Waals surface area contributed by atoms with Gasteiger partial charge in [-0.1, -0.05) is 18.2 Å². The van der Waals surface area contributed by atoms with Crippen molar-refractivity contribution in [1.29, 1.82) is 0 Å². The van der Waals surface area contributed by atoms with Crippen molar-refractivity contribution < 1.29 is 22.7 Å². The molecule has 0 spiro atoms. The summed E-state index contributed by atoms with van der Waals surface area (Å²) in [4.78, 5) is 0. The van der Waals surface area contributed by atoms with E-state index in [0.717, 1.165) is 0 Å². The minimum absolute atomic E-state index is 0.150. The number of benzene rings is 1. The Balaban J connectivity index is 3.46. The fourth-order valence-corrected chi connectivity index (χ4v) is 9.64. The predicted octanol–water partition coefficient (Wildman–Crippen LogP) is 5.29. The molecule has 0 fully saturated rings. The molecular weight excluding hydrogens is 458 g/mol. The molecule has 5 nitrogen and oxygen atoms in total. The Morgan fingerprint density at radius 1 is 0.909 bits per heavy atom. The van der Waals surface area contributed by atoms with E-state index in [1.807, 2.05) is 0 Å². The zero-order chi connectivity index (χ0) is 16.9. The molecule has 0 amide bonds. The smallest absolute Gasteiger partial charge is 0.324 e. The van der Waals surface area contributed by atoms with Gasteiger partial charge in [-0.05, 0) is 64.8 Å². The second-order valence-corrected chi connectivity index (χ2v) is 15.1. The van der Waals surface area contributed by atoms with E-state index in [-0.39, 0.29) is 19.8 Å². The van der Waals surface area contributed by atoms with E-state index in [0.29, 0.717) is 5.30 Å². The largest absolute Gasteiger partial charge is 0.368 e. The fourth-order valence-electron chi connectivity index (χ4n) is 1.81. The first-order chi connectivity index (χ1) is 10.3. The van der Waals surface area contributed by atoms with Crippen LogP contribution < -0.4 is 5.30 Å². The molecule has 1 aromatic carbocycles. The van der Waals surface area contributed by atoms with Gasteiger partial charge in [0.15, 0.2) is 0 Å². The standard InChI is InChI=1S/C13H20Br2O5P2/c1-4-18-21(16,12-10-8-7-9-11-12)13(14,15)22(17,19-5-2)20-6-3/h7-11H,4-6H2,1-3H3/t21-/m0/s1. The van der Waals surface area contributed by atoms with Gasteiger partial charge >= 0.3 is 7.60 Å². The summed E-state index contributed by atoms with van der Waals surface area (Å²) in [6, 6.07) is 8.60. The van der Waals surface area contributed by atoms with E-state index in [4.69, 9.17) is 13.6 Å². The minimum Gasteiger partial charge on any atom is -0.324 e. The quantitative estimate of drug-likeness (QED) is 0.357. The Morgan fingerprint density at radius 3 is 1.77 bits per heavy atom. The second-order valence-electron chi connectivity index (χ2n) is 4.15. The van der Waals surface area contributed by atoms with Gasteiger partial charge in [0.25, 0.3) is 10.1 Å². The van der Waals surface area contributed by atoms with Crippen LogP contribution >= 0.6 is 46.8 Å². The Hall–Kier alpha value is 0.520. The monoisotopic (exact) mass is 476 g/mol. The van der Waals surface area contributed by atoms with Crippen molar-refractivity contribution in [1.82, 2.24) is 0 Å². The molecule has 0 saturated carbocycles. The number of rotatable bonds is 9. The molecule has 0 unspecified atom stereocenters. The van der Waals surface area contributed by atoms with Crippen LogP contribution in [0, 0.1) is 0 Å². The molecule has 0 heterocycles. The fraction of sp³-hybridized carbons (Fsp3) is 0.538. The number of hydrogen-bond donors (Lipinski definition) is 0. The molecule has 0 saturated heterocycles. The van der Waals surface area contributed by atoms with Crippen molar-refractivity contribution in [2.75, 3.05) is 19.8 Å². The van der Waals surface area contributed by atoms with Crippen molar-refractivity contribution >= 4 is 52.1 Å². The average Bonchev–Trinajstić information content (AvgIpc) is 2.48. The summed E-state index contributed by atoms with van der Waals surface area (Å²) < 4.78 is 41.3. The highest BCUT2D eigenvalue weighted by Gasteiger charge is 2.62. The first-order valence-electron chi connectivity index (χ1n) is 6.86. The lowest BCUT2D eigenvalue weighted by Gasteiger charge is -2.35. The summed E-state index contributed by atoms with van der Waals surface area (Å²) >= 11 is 6.56. The molecule has 1 aromatic rings. The van der Waals surface area contributed by atoms with Gasteiger partial charge < -0.3 is 13.6 Å². The summed E-state index contributed by atoms with van der Waals surface area (Å²) in [5.41, 5.74) is 0. The highest BCUT2D eigenvalue weighted by atomic mass is 79.9. The molecule has 126 valence electrons. The second kappa shape index (κ2) is 8.57. The van der Waals surface area contributed by atoms with Crippen LogP contribution in [0.3, 0.4) is 0 Å². The van der Waals surface area contributed by atoms with Gasteiger partial charge in [0.1, 0.15) is 0 Å². The third kappa shape index (κ3) is 3.94. The van der Waals surface area contributed by atoms with Crippen LogP contribution in [0.15, 0.2) is 30.3 Å². The molecule has 9 heteroatoms. The van der Waals surface area contributed by atoms with Gasteiger partial charge in [-0.25, -0.2) is 0 Å². The van der Waals surface area contributed by atoms with Crippen LogP contribution in [0.4, 0.5) is 0 Å². The number of halogens is 2. The predicted molar refractivity (Wildman–Crippen MR) is 96.8 cm³/mol. The lowest BCUT2D eigenvalue weighted by Crippen LogP contribution is -2.25. The van der Waals surface area contributed by atoms with Gasteiger partial charge in [-0.15, -0.1) is 0 Å². The van der Waals surface area contributed by atoms with E-state index in [1.54, 1.807) is 51.1 Å². The molecule has 1 atom stereocenters. The maximum absolute atomic E-state index is 13.6. The highest BCUT2D eigenvalue weighted by Crippen LogP contribution is 2.82. The zero-order valence-corrected chi connectivity index (χ0v) is 17.7. The first-order valence-corrected chi connectivity index (χ1v) is 11.6. The summed E-state index contributed by atoms with van der Waals surface area (Å²) in [6.45, 7) is 5.58. The molecule has 0 aliphatic heterocycles. The Morgan fingerprint density at radius 2 is 1.36 bits per heavy atom. The average molecular weight is 478 g/mol. The minimum atomic E-state index is -3.79. The Labute approximate surface area is 148 Å². The van der Waals surface area contributed by atoms with E-state index in [1.165, 1.54) is 0 Å². The van der Waals surface area contributed by atoms with Crippen LogP contribution in [0.5, 0.6) is 0 Å². The summed E-state index contributed by atoms with van der Waals surface area (Å²) in [6.07, 6.45) is 0. The molecule has 0 N–H and O–H groups in total. The van der Waals surface area contributed by atoms with Gasteiger partial charge in [0.2, 0.25) is 0 Å². The van der Waals surface area contributed by atoms with Crippen molar-refractivity contribution in [2.24, 2.45) is 0 Å². The molecule has 0 aliphatic carbocycles. The van der Waals surface area contributed by atoms with Crippen LogP contribution in [-0.4, -0.2) is 22.5 Å². The van der Waals surface area contributed by atoms with Crippen molar-refractivity contribution in [2.45, 2.75) is 23.5 Å². The molecule has 0 aromatic heterocycles. The summed E-state index contributed by atoms with van der Waals surface area (Å²) in [7, 11) is -7.43. The molecule has 0 aliphatic rings. The van der Waals surface area contributed by atoms with Gasteiger partial charge in [0, 0.05) is 5.30 Å². The van der Waals surface area contributed by atoms with E-state index >= 15 is 0 Å². The van der Waals surface area contributed by atoms with E-state index < -0.39 is 17.7 Å². The SMILES string of the molecule is CCOP(=O)(OCC)C(Br)(Br)[P@@](=O)(OCC)c1ccccc1. The molecule has 0 radical (unpaired) electrons. The number of alkyl halides is 2. The van der Waals surface area contributed by atoms with Crippen molar-refractivity contribution in [3.8, 4) is 0 Å². The zero-order valence-electron chi connectivity index (χ0n) is 12.7. The van der Waals surface area contributed by atoms with Crippen molar-refractivity contribution in [3.63, 3.8) is 0 Å². The van der Waals surface area contributed by atoms with Crippen LogP contribution in [0.1, 0.15) is 20.8 Å². The normalized spacial score (nSPS) is 15.5. The molecule has 0 bridgehead atoms. The summed E-state index contributed by atoms with van der Waals surface area (Å²) in [5, 5.41) is 0.422. The lowest BCUT2D eigenvalue weighted by molar-refractivity contribution is 0.219. The van der Waals surface area contributed by atoms with Crippen molar-refractivity contribution in [3.05, 3.63) is 30.3 Å². The van der Waals surface area contributed by atoms with E-state index in [2.05, 4.69) is 31.9 Å².